The summed E-state index contributed by atoms with van der Waals surface area (Å²) in [5, 5.41) is 9.54. The smallest absolute Gasteiger partial charge is 0.337 e. The number of piperidine rings is 1. The van der Waals surface area contributed by atoms with Crippen LogP contribution in [0.15, 0.2) is 60.7 Å². The van der Waals surface area contributed by atoms with Crippen molar-refractivity contribution >= 4 is 17.8 Å². The monoisotopic (exact) mass is 462 g/mol. The second-order valence-electron chi connectivity index (χ2n) is 7.93. The van der Waals surface area contributed by atoms with E-state index < -0.39 is 5.97 Å². The van der Waals surface area contributed by atoms with Gasteiger partial charge in [0.2, 0.25) is 5.91 Å². The summed E-state index contributed by atoms with van der Waals surface area (Å²) in [5.41, 5.74) is 2.29. The van der Waals surface area contributed by atoms with Gasteiger partial charge in [0, 0.05) is 31.5 Å². The Hall–Kier alpha value is -4.14. The number of aromatic nitrogens is 2. The molecule has 0 unspecified atom stereocenters. The van der Waals surface area contributed by atoms with Crippen molar-refractivity contribution in [2.45, 2.75) is 18.9 Å². The minimum Gasteiger partial charge on any atom is -0.490 e. The number of aromatic amines is 1. The Bertz CT molecular complexity index is 1150. The van der Waals surface area contributed by atoms with Crippen LogP contribution in [0.25, 0.3) is 11.3 Å². The molecule has 0 spiro atoms. The third kappa shape index (κ3) is 5.61. The number of ether oxygens (including phenoxy) is 2. The number of amides is 2. The third-order valence-electron chi connectivity index (χ3n) is 5.64. The number of hydrogen-bond acceptors (Lipinski definition) is 6. The zero-order valence-corrected chi connectivity index (χ0v) is 18.8. The van der Waals surface area contributed by atoms with Gasteiger partial charge >= 0.3 is 5.97 Å². The lowest BCUT2D eigenvalue weighted by Gasteiger charge is -2.32. The van der Waals surface area contributed by atoms with E-state index >= 15 is 0 Å². The highest BCUT2D eigenvalue weighted by Gasteiger charge is 2.24. The zero-order valence-electron chi connectivity index (χ0n) is 18.8. The molecule has 0 radical (unpaired) electrons. The van der Waals surface area contributed by atoms with Crippen LogP contribution in [0.3, 0.4) is 0 Å². The Morgan fingerprint density at radius 1 is 1.06 bits per heavy atom. The molecule has 1 saturated heterocycles. The van der Waals surface area contributed by atoms with E-state index in [-0.39, 0.29) is 24.5 Å². The van der Waals surface area contributed by atoms with Crippen molar-refractivity contribution in [2.75, 3.05) is 26.7 Å². The lowest BCUT2D eigenvalue weighted by Crippen LogP contribution is -2.46. The maximum absolute atomic E-state index is 12.6. The molecule has 1 fully saturated rings. The fourth-order valence-corrected chi connectivity index (χ4v) is 3.79. The Labute approximate surface area is 197 Å². The number of likely N-dealkylation sites (tertiary alicyclic amines) is 1. The van der Waals surface area contributed by atoms with Gasteiger partial charge in [0.25, 0.3) is 5.91 Å². The highest BCUT2D eigenvalue weighted by molar-refractivity contribution is 5.95. The van der Waals surface area contributed by atoms with E-state index in [4.69, 9.17) is 9.47 Å². The fourth-order valence-electron chi connectivity index (χ4n) is 3.79. The average molecular weight is 463 g/mol. The molecule has 2 aromatic carbocycles. The number of hydrogen-bond donors (Lipinski definition) is 2. The van der Waals surface area contributed by atoms with Crippen LogP contribution in [0.1, 0.15) is 33.7 Å². The van der Waals surface area contributed by atoms with E-state index in [1.165, 1.54) is 7.11 Å². The zero-order chi connectivity index (χ0) is 23.9. The van der Waals surface area contributed by atoms with Gasteiger partial charge in [-0.25, -0.2) is 4.79 Å². The van der Waals surface area contributed by atoms with Gasteiger partial charge in [-0.2, -0.15) is 5.10 Å². The SMILES string of the molecule is COC(=O)c1cccc(OC2CCN(C(=O)CNC(=O)c3cc(-c4ccccc4)n[nH]3)CC2)c1. The van der Waals surface area contributed by atoms with Crippen LogP contribution < -0.4 is 10.1 Å². The normalized spacial score (nSPS) is 13.9. The number of methoxy groups -OCH3 is 1. The van der Waals surface area contributed by atoms with Crippen LogP contribution in [0.4, 0.5) is 0 Å². The van der Waals surface area contributed by atoms with Crippen molar-refractivity contribution in [2.24, 2.45) is 0 Å². The van der Waals surface area contributed by atoms with Gasteiger partial charge in [-0.3, -0.25) is 14.7 Å². The lowest BCUT2D eigenvalue weighted by molar-refractivity contribution is -0.131. The minimum absolute atomic E-state index is 0.0621. The quantitative estimate of drug-likeness (QED) is 0.522. The molecule has 0 aliphatic carbocycles. The molecule has 4 rings (SSSR count). The molecule has 9 nitrogen and oxygen atoms in total. The predicted molar refractivity (Wildman–Crippen MR) is 124 cm³/mol. The lowest BCUT2D eigenvalue weighted by atomic mass is 10.1. The number of benzene rings is 2. The van der Waals surface area contributed by atoms with E-state index in [0.717, 1.165) is 5.56 Å². The summed E-state index contributed by atoms with van der Waals surface area (Å²) in [6.07, 6.45) is 1.25. The maximum Gasteiger partial charge on any atom is 0.337 e. The summed E-state index contributed by atoms with van der Waals surface area (Å²) in [7, 11) is 1.34. The first-order valence-corrected chi connectivity index (χ1v) is 11.1. The van der Waals surface area contributed by atoms with Gasteiger partial charge in [0.1, 0.15) is 17.5 Å². The second kappa shape index (κ2) is 10.7. The molecular weight excluding hydrogens is 436 g/mol. The largest absolute Gasteiger partial charge is 0.490 e. The number of carbonyl (C=O) groups excluding carboxylic acids is 3. The van der Waals surface area contributed by atoms with Gasteiger partial charge in [-0.1, -0.05) is 36.4 Å². The van der Waals surface area contributed by atoms with Crippen LogP contribution in [0.2, 0.25) is 0 Å². The molecule has 3 aromatic rings. The molecule has 0 saturated carbocycles. The molecule has 0 atom stereocenters. The van der Waals surface area contributed by atoms with Crippen LogP contribution in [0.5, 0.6) is 5.75 Å². The Kier molecular flexibility index (Phi) is 7.22. The van der Waals surface area contributed by atoms with Gasteiger partial charge in [-0.15, -0.1) is 0 Å². The molecule has 2 amide bonds. The topological polar surface area (TPSA) is 114 Å². The fraction of sp³-hybridized carbons (Fsp3) is 0.280. The molecule has 1 aromatic heterocycles. The Balaban J connectivity index is 1.23. The molecule has 2 heterocycles. The van der Waals surface area contributed by atoms with Crippen LogP contribution in [-0.2, 0) is 9.53 Å². The standard InChI is InChI=1S/C25H26N4O5/c1-33-25(32)18-8-5-9-20(14-18)34-19-10-12-29(13-11-19)23(30)16-26-24(31)22-15-21(27-28-22)17-6-3-2-4-7-17/h2-9,14-15,19H,10-13,16H2,1H3,(H,26,31)(H,27,28). The maximum atomic E-state index is 12.6. The second-order valence-corrected chi connectivity index (χ2v) is 7.93. The number of nitrogens with one attached hydrogen (secondary N) is 2. The summed E-state index contributed by atoms with van der Waals surface area (Å²) in [6, 6.07) is 18.0. The average Bonchev–Trinajstić information content (AvgIpc) is 3.38. The molecule has 1 aliphatic heterocycles. The molecule has 34 heavy (non-hydrogen) atoms. The summed E-state index contributed by atoms with van der Waals surface area (Å²) < 4.78 is 10.7. The number of carbonyl (C=O) groups is 3. The highest BCUT2D eigenvalue weighted by Crippen LogP contribution is 2.21. The Morgan fingerprint density at radius 2 is 1.82 bits per heavy atom. The Morgan fingerprint density at radius 3 is 2.56 bits per heavy atom. The number of rotatable bonds is 7. The van der Waals surface area contributed by atoms with Crippen molar-refractivity contribution < 1.29 is 23.9 Å². The predicted octanol–water partition coefficient (Wildman–Crippen LogP) is 2.66. The van der Waals surface area contributed by atoms with Crippen molar-refractivity contribution in [1.29, 1.82) is 0 Å². The van der Waals surface area contributed by atoms with Crippen molar-refractivity contribution in [3.63, 3.8) is 0 Å². The van der Waals surface area contributed by atoms with E-state index in [2.05, 4.69) is 15.5 Å². The number of esters is 1. The first kappa shape index (κ1) is 23.0. The van der Waals surface area contributed by atoms with Gasteiger partial charge < -0.3 is 19.7 Å². The van der Waals surface area contributed by atoms with E-state index in [0.29, 0.717) is 48.6 Å². The third-order valence-corrected chi connectivity index (χ3v) is 5.64. The number of nitrogens with zero attached hydrogens (tertiary/aromatic N) is 2. The molecule has 2 N–H and O–H groups in total. The molecular formula is C25H26N4O5. The van der Waals surface area contributed by atoms with Crippen LogP contribution in [0, 0.1) is 0 Å². The number of H-pyrrole nitrogens is 1. The molecule has 176 valence electrons. The first-order valence-electron chi connectivity index (χ1n) is 11.1. The minimum atomic E-state index is -0.417. The molecule has 1 aliphatic rings. The summed E-state index contributed by atoms with van der Waals surface area (Å²) in [5.74, 6) is -0.359. The van der Waals surface area contributed by atoms with Gasteiger partial charge in [0.15, 0.2) is 0 Å². The summed E-state index contributed by atoms with van der Waals surface area (Å²) in [6.45, 7) is 0.960. The van der Waals surface area contributed by atoms with Crippen molar-refractivity contribution in [3.8, 4) is 17.0 Å². The van der Waals surface area contributed by atoms with E-state index in [1.807, 2.05) is 30.3 Å². The van der Waals surface area contributed by atoms with Gasteiger partial charge in [-0.05, 0) is 24.3 Å². The van der Waals surface area contributed by atoms with Crippen molar-refractivity contribution in [1.82, 2.24) is 20.4 Å². The van der Waals surface area contributed by atoms with Crippen LogP contribution >= 0.6 is 0 Å². The van der Waals surface area contributed by atoms with E-state index in [1.54, 1.807) is 35.2 Å². The highest BCUT2D eigenvalue weighted by atomic mass is 16.5. The molecule has 9 heteroatoms. The summed E-state index contributed by atoms with van der Waals surface area (Å²) in [4.78, 5) is 38.4. The van der Waals surface area contributed by atoms with Crippen molar-refractivity contribution in [3.05, 3.63) is 71.9 Å². The molecule has 0 bridgehead atoms. The first-order chi connectivity index (χ1) is 16.5. The van der Waals surface area contributed by atoms with E-state index in [9.17, 15) is 14.4 Å². The van der Waals surface area contributed by atoms with Gasteiger partial charge in [0.05, 0.1) is 24.9 Å². The summed E-state index contributed by atoms with van der Waals surface area (Å²) >= 11 is 0. The van der Waals surface area contributed by atoms with Crippen LogP contribution in [-0.4, -0.2) is 65.7 Å².